The number of aryl methyl sites for hydroxylation is 1. The number of hydrogen-bond acceptors (Lipinski definition) is 3. The molecule has 1 aliphatic heterocycles. The van der Waals surface area contributed by atoms with Gasteiger partial charge in [-0.25, -0.2) is 4.98 Å². The third kappa shape index (κ3) is 4.97. The van der Waals surface area contributed by atoms with Crippen molar-refractivity contribution in [2.45, 2.75) is 32.7 Å². The zero-order valence-electron chi connectivity index (χ0n) is 14.4. The van der Waals surface area contributed by atoms with Gasteiger partial charge in [-0.3, -0.25) is 9.79 Å². The number of guanidine groups is 1. The molecule has 1 fully saturated rings. The Morgan fingerprint density at radius 2 is 2.17 bits per heavy atom. The highest BCUT2D eigenvalue weighted by molar-refractivity contribution is 5.80. The van der Waals surface area contributed by atoms with E-state index < -0.39 is 0 Å². The second-order valence-electron chi connectivity index (χ2n) is 5.95. The van der Waals surface area contributed by atoms with E-state index in [9.17, 15) is 4.79 Å². The van der Waals surface area contributed by atoms with Crippen LogP contribution in [0.25, 0.3) is 0 Å². The normalized spacial score (nSPS) is 16.5. The van der Waals surface area contributed by atoms with Gasteiger partial charge in [0.15, 0.2) is 5.96 Å². The number of nitrogens with one attached hydrogen (secondary N) is 2. The number of imidazole rings is 1. The van der Waals surface area contributed by atoms with Gasteiger partial charge in [-0.2, -0.15) is 0 Å². The maximum Gasteiger partial charge on any atom is 0.220 e. The van der Waals surface area contributed by atoms with Gasteiger partial charge in [0.05, 0.1) is 0 Å². The molecule has 0 bridgehead atoms. The number of aliphatic imine (C=N–C) groups is 1. The van der Waals surface area contributed by atoms with Gasteiger partial charge in [-0.15, -0.1) is 0 Å². The van der Waals surface area contributed by atoms with E-state index >= 15 is 0 Å². The van der Waals surface area contributed by atoms with E-state index in [-0.39, 0.29) is 5.91 Å². The zero-order chi connectivity index (χ0) is 16.7. The second kappa shape index (κ2) is 8.55. The fraction of sp³-hybridized carbons (Fsp3) is 0.688. The lowest BCUT2D eigenvalue weighted by Gasteiger charge is -2.34. The molecule has 0 spiro atoms. The maximum absolute atomic E-state index is 11.5. The summed E-state index contributed by atoms with van der Waals surface area (Å²) in [6.45, 7) is 5.60. The van der Waals surface area contributed by atoms with Crippen LogP contribution in [0.15, 0.2) is 17.4 Å². The maximum atomic E-state index is 11.5. The first-order valence-corrected chi connectivity index (χ1v) is 8.28. The highest BCUT2D eigenvalue weighted by Crippen LogP contribution is 2.20. The Hall–Kier alpha value is -2.05. The van der Waals surface area contributed by atoms with Crippen molar-refractivity contribution in [3.05, 3.63) is 18.2 Å². The molecule has 0 saturated carbocycles. The number of nitrogens with zero attached hydrogens (tertiary/aromatic N) is 4. The molecule has 1 aromatic heterocycles. The van der Waals surface area contributed by atoms with E-state index in [1.807, 2.05) is 26.4 Å². The van der Waals surface area contributed by atoms with Crippen molar-refractivity contribution < 1.29 is 4.79 Å². The first-order valence-electron chi connectivity index (χ1n) is 8.28. The van der Waals surface area contributed by atoms with Gasteiger partial charge in [-0.05, 0) is 25.7 Å². The van der Waals surface area contributed by atoms with Crippen molar-refractivity contribution in [2.24, 2.45) is 10.9 Å². The molecule has 23 heavy (non-hydrogen) atoms. The van der Waals surface area contributed by atoms with Crippen LogP contribution in [0.4, 0.5) is 0 Å². The number of piperidine rings is 1. The predicted molar refractivity (Wildman–Crippen MR) is 91.3 cm³/mol. The van der Waals surface area contributed by atoms with Crippen LogP contribution in [-0.2, 0) is 11.3 Å². The van der Waals surface area contributed by atoms with Crippen LogP contribution in [0.3, 0.4) is 0 Å². The lowest BCUT2D eigenvalue weighted by molar-refractivity contribution is -0.121. The van der Waals surface area contributed by atoms with E-state index in [1.54, 1.807) is 7.05 Å². The molecule has 1 amide bonds. The monoisotopic (exact) mass is 320 g/mol. The molecule has 0 radical (unpaired) electrons. The molecular weight excluding hydrogens is 292 g/mol. The Labute approximate surface area is 138 Å². The summed E-state index contributed by atoms with van der Waals surface area (Å²) in [6.07, 6.45) is 6.52. The molecule has 1 aliphatic rings. The van der Waals surface area contributed by atoms with Crippen LogP contribution >= 0.6 is 0 Å². The summed E-state index contributed by atoms with van der Waals surface area (Å²) in [5, 5.41) is 6.13. The number of rotatable bonds is 5. The molecule has 1 aromatic rings. The van der Waals surface area contributed by atoms with E-state index in [1.165, 1.54) is 0 Å². The fourth-order valence-electron chi connectivity index (χ4n) is 2.97. The second-order valence-corrected chi connectivity index (χ2v) is 5.95. The Bertz CT molecular complexity index is 530. The number of carbonyl (C=O) groups is 1. The Balaban J connectivity index is 1.74. The minimum absolute atomic E-state index is 0.140. The quantitative estimate of drug-likeness (QED) is 0.616. The number of carbonyl (C=O) groups excluding carboxylic acids is 1. The molecule has 0 aliphatic carbocycles. The van der Waals surface area contributed by atoms with Crippen molar-refractivity contribution in [1.29, 1.82) is 0 Å². The molecule has 0 aromatic carbocycles. The van der Waals surface area contributed by atoms with Crippen LogP contribution in [0, 0.1) is 12.8 Å². The Morgan fingerprint density at radius 3 is 2.74 bits per heavy atom. The van der Waals surface area contributed by atoms with E-state index in [2.05, 4.69) is 30.1 Å². The lowest BCUT2D eigenvalue weighted by atomic mass is 9.93. The average molecular weight is 320 g/mol. The molecular formula is C16H28N6O. The number of likely N-dealkylation sites (tertiary alicyclic amines) is 1. The van der Waals surface area contributed by atoms with Crippen LogP contribution in [0.5, 0.6) is 0 Å². The highest BCUT2D eigenvalue weighted by atomic mass is 16.1. The standard InChI is InChI=1S/C16H28N6O/c1-13-19-6-10-21(13)11-7-20-16(18-3)22-8-4-14(5-9-22)12-15(23)17-2/h6,10,14H,4-5,7-9,11-12H2,1-3H3,(H,17,23)(H,18,20). The summed E-state index contributed by atoms with van der Waals surface area (Å²) >= 11 is 0. The molecule has 2 heterocycles. The molecule has 7 heteroatoms. The van der Waals surface area contributed by atoms with Gasteiger partial charge in [0.2, 0.25) is 5.91 Å². The van der Waals surface area contributed by atoms with Crippen molar-refractivity contribution >= 4 is 11.9 Å². The summed E-state index contributed by atoms with van der Waals surface area (Å²) in [4.78, 5) is 22.4. The zero-order valence-corrected chi connectivity index (χ0v) is 14.4. The number of aromatic nitrogens is 2. The Morgan fingerprint density at radius 1 is 1.43 bits per heavy atom. The van der Waals surface area contributed by atoms with Crippen molar-refractivity contribution in [3.63, 3.8) is 0 Å². The molecule has 2 rings (SSSR count). The van der Waals surface area contributed by atoms with Crippen LogP contribution in [0.2, 0.25) is 0 Å². The van der Waals surface area contributed by atoms with Crippen LogP contribution < -0.4 is 10.6 Å². The summed E-state index contributed by atoms with van der Waals surface area (Å²) in [6, 6.07) is 0. The van der Waals surface area contributed by atoms with Crippen LogP contribution in [0.1, 0.15) is 25.1 Å². The summed E-state index contributed by atoms with van der Waals surface area (Å²) in [5.41, 5.74) is 0. The first-order chi connectivity index (χ1) is 11.1. The highest BCUT2D eigenvalue weighted by Gasteiger charge is 2.22. The molecule has 0 unspecified atom stereocenters. The third-order valence-corrected chi connectivity index (χ3v) is 4.44. The molecule has 128 valence electrons. The van der Waals surface area contributed by atoms with Crippen molar-refractivity contribution in [2.75, 3.05) is 33.7 Å². The topological polar surface area (TPSA) is 74.5 Å². The molecule has 1 saturated heterocycles. The fourth-order valence-corrected chi connectivity index (χ4v) is 2.97. The van der Waals surface area contributed by atoms with E-state index in [0.29, 0.717) is 12.3 Å². The predicted octanol–water partition coefficient (Wildman–Crippen LogP) is 0.615. The van der Waals surface area contributed by atoms with Gasteiger partial charge in [-0.1, -0.05) is 0 Å². The first kappa shape index (κ1) is 17.3. The summed E-state index contributed by atoms with van der Waals surface area (Å²) in [5.74, 6) is 2.59. The third-order valence-electron chi connectivity index (χ3n) is 4.44. The minimum Gasteiger partial charge on any atom is -0.359 e. The summed E-state index contributed by atoms with van der Waals surface area (Å²) in [7, 11) is 3.52. The largest absolute Gasteiger partial charge is 0.359 e. The van der Waals surface area contributed by atoms with Crippen LogP contribution in [-0.4, -0.2) is 60.0 Å². The molecule has 7 nitrogen and oxygen atoms in total. The van der Waals surface area contributed by atoms with Gasteiger partial charge >= 0.3 is 0 Å². The van der Waals surface area contributed by atoms with Crippen molar-refractivity contribution in [3.8, 4) is 0 Å². The SMILES string of the molecule is CN=C(NCCn1ccnc1C)N1CCC(CC(=O)NC)CC1. The van der Waals surface area contributed by atoms with E-state index in [0.717, 1.165) is 50.8 Å². The number of amides is 1. The van der Waals surface area contributed by atoms with E-state index in [4.69, 9.17) is 0 Å². The van der Waals surface area contributed by atoms with Gasteiger partial charge in [0, 0.05) is 59.1 Å². The average Bonchev–Trinajstić information content (AvgIpc) is 2.97. The molecule has 0 atom stereocenters. The van der Waals surface area contributed by atoms with Gasteiger partial charge < -0.3 is 20.1 Å². The lowest BCUT2D eigenvalue weighted by Crippen LogP contribution is -2.46. The Kier molecular flexibility index (Phi) is 6.43. The minimum atomic E-state index is 0.140. The summed E-state index contributed by atoms with van der Waals surface area (Å²) < 4.78 is 2.12. The smallest absolute Gasteiger partial charge is 0.220 e. The van der Waals surface area contributed by atoms with Crippen molar-refractivity contribution in [1.82, 2.24) is 25.1 Å². The number of hydrogen-bond donors (Lipinski definition) is 2. The van der Waals surface area contributed by atoms with Gasteiger partial charge in [0.1, 0.15) is 5.82 Å². The van der Waals surface area contributed by atoms with Gasteiger partial charge in [0.25, 0.3) is 0 Å². The molecule has 2 N–H and O–H groups in total.